The van der Waals surface area contributed by atoms with Crippen molar-refractivity contribution < 1.29 is 14.3 Å². The number of esters is 1. The van der Waals surface area contributed by atoms with Gasteiger partial charge in [-0.15, -0.1) is 0 Å². The lowest BCUT2D eigenvalue weighted by molar-refractivity contribution is 0.0518. The summed E-state index contributed by atoms with van der Waals surface area (Å²) in [5, 5.41) is 6.85. The highest BCUT2D eigenvalue weighted by atomic mass is 16.5. The first-order valence-corrected chi connectivity index (χ1v) is 9.58. The maximum absolute atomic E-state index is 12.7. The Morgan fingerprint density at radius 1 is 1.00 bits per heavy atom. The van der Waals surface area contributed by atoms with E-state index in [2.05, 4.69) is 10.4 Å². The highest BCUT2D eigenvalue weighted by Crippen LogP contribution is 2.18. The number of benzene rings is 2. The molecule has 30 heavy (non-hydrogen) atoms. The molecule has 0 bridgehead atoms. The molecule has 0 unspecified atom stereocenters. The van der Waals surface area contributed by atoms with E-state index in [1.165, 1.54) is 6.07 Å². The van der Waals surface area contributed by atoms with Crippen molar-refractivity contribution in [3.63, 3.8) is 0 Å². The summed E-state index contributed by atoms with van der Waals surface area (Å²) in [6.07, 6.45) is 0. The molecule has 0 aliphatic carbocycles. The largest absolute Gasteiger partial charge is 0.461 e. The zero-order valence-corrected chi connectivity index (χ0v) is 17.4. The van der Waals surface area contributed by atoms with Crippen molar-refractivity contribution in [1.82, 2.24) is 9.78 Å². The van der Waals surface area contributed by atoms with Gasteiger partial charge in [-0.25, -0.2) is 4.79 Å². The molecule has 0 saturated heterocycles. The van der Waals surface area contributed by atoms with Gasteiger partial charge in [0.1, 0.15) is 0 Å². The Kier molecular flexibility index (Phi) is 6.11. The summed E-state index contributed by atoms with van der Waals surface area (Å²) in [6, 6.07) is 13.6. The van der Waals surface area contributed by atoms with E-state index in [4.69, 9.17) is 4.74 Å². The molecular weight excluding hydrogens is 382 g/mol. The number of hydrogen-bond acceptors (Lipinski definition) is 5. The van der Waals surface area contributed by atoms with Crippen LogP contribution in [0, 0.1) is 20.8 Å². The smallest absolute Gasteiger partial charge is 0.360 e. The molecule has 1 aromatic heterocycles. The number of rotatable bonds is 5. The van der Waals surface area contributed by atoms with E-state index >= 15 is 0 Å². The molecule has 7 nitrogen and oxygen atoms in total. The lowest BCUT2D eigenvalue weighted by Crippen LogP contribution is -2.27. The zero-order valence-electron chi connectivity index (χ0n) is 17.4. The number of aryl methyl sites for hydroxylation is 3. The first-order chi connectivity index (χ1) is 14.3. The van der Waals surface area contributed by atoms with Crippen molar-refractivity contribution in [3.05, 3.63) is 86.8 Å². The van der Waals surface area contributed by atoms with Gasteiger partial charge >= 0.3 is 5.97 Å². The highest BCUT2D eigenvalue weighted by Gasteiger charge is 2.21. The molecule has 0 saturated carbocycles. The second-order valence-electron chi connectivity index (χ2n) is 6.92. The monoisotopic (exact) mass is 405 g/mol. The van der Waals surface area contributed by atoms with Crippen LogP contribution in [0.3, 0.4) is 0 Å². The number of anilines is 1. The fourth-order valence-electron chi connectivity index (χ4n) is 2.95. The summed E-state index contributed by atoms with van der Waals surface area (Å²) in [6.45, 7) is 7.49. The molecule has 3 rings (SSSR count). The van der Waals surface area contributed by atoms with Gasteiger partial charge in [0.2, 0.25) is 0 Å². The van der Waals surface area contributed by atoms with Crippen molar-refractivity contribution in [1.29, 1.82) is 0 Å². The highest BCUT2D eigenvalue weighted by molar-refractivity contribution is 6.07. The number of nitrogens with one attached hydrogen (secondary N) is 1. The summed E-state index contributed by atoms with van der Waals surface area (Å²) in [4.78, 5) is 38.0. The molecule has 0 atom stereocenters. The van der Waals surface area contributed by atoms with E-state index in [1.54, 1.807) is 31.2 Å². The quantitative estimate of drug-likeness (QED) is 0.655. The molecule has 7 heteroatoms. The average molecular weight is 405 g/mol. The van der Waals surface area contributed by atoms with Gasteiger partial charge in [-0.3, -0.25) is 9.59 Å². The molecule has 0 fully saturated rings. The van der Waals surface area contributed by atoms with Gasteiger partial charge in [0.15, 0.2) is 5.69 Å². The third-order valence-electron chi connectivity index (χ3n) is 4.76. The van der Waals surface area contributed by atoms with Crippen molar-refractivity contribution in [2.45, 2.75) is 27.7 Å². The van der Waals surface area contributed by atoms with Gasteiger partial charge in [0, 0.05) is 11.6 Å². The Balaban J connectivity index is 2.07. The molecule has 154 valence electrons. The summed E-state index contributed by atoms with van der Waals surface area (Å²) in [5.41, 5.74) is 3.17. The molecule has 0 aliphatic rings. The van der Waals surface area contributed by atoms with Crippen molar-refractivity contribution in [2.75, 3.05) is 11.9 Å². The van der Waals surface area contributed by atoms with Gasteiger partial charge in [-0.1, -0.05) is 24.3 Å². The van der Waals surface area contributed by atoms with Crippen LogP contribution in [0.1, 0.15) is 44.5 Å². The SMILES string of the molecule is CCOC(=O)c1nn(-c2ccccc2C)c(=O)cc1NC(=O)c1ccc(C)c(C)c1. The lowest BCUT2D eigenvalue weighted by atomic mass is 10.1. The molecule has 2 aromatic carbocycles. The first-order valence-electron chi connectivity index (χ1n) is 9.58. The van der Waals surface area contributed by atoms with E-state index in [-0.39, 0.29) is 18.0 Å². The summed E-state index contributed by atoms with van der Waals surface area (Å²) >= 11 is 0. The predicted octanol–water partition coefficient (Wildman–Crippen LogP) is 3.59. The maximum Gasteiger partial charge on any atom is 0.360 e. The van der Waals surface area contributed by atoms with Crippen molar-refractivity contribution in [3.8, 4) is 5.69 Å². The number of para-hydroxylation sites is 1. The van der Waals surface area contributed by atoms with Crippen LogP contribution in [0.4, 0.5) is 5.69 Å². The van der Waals surface area contributed by atoms with Gasteiger partial charge in [-0.05, 0) is 62.6 Å². The van der Waals surface area contributed by atoms with Gasteiger partial charge in [0.25, 0.3) is 11.5 Å². The number of nitrogens with zero attached hydrogens (tertiary/aromatic N) is 2. The molecule has 1 heterocycles. The normalized spacial score (nSPS) is 10.5. The Hall–Kier alpha value is -3.74. The second kappa shape index (κ2) is 8.73. The van der Waals surface area contributed by atoms with Crippen LogP contribution < -0.4 is 10.9 Å². The van der Waals surface area contributed by atoms with Crippen molar-refractivity contribution >= 4 is 17.6 Å². The second-order valence-corrected chi connectivity index (χ2v) is 6.92. The molecule has 3 aromatic rings. The van der Waals surface area contributed by atoms with E-state index in [0.717, 1.165) is 21.4 Å². The lowest BCUT2D eigenvalue weighted by Gasteiger charge is -2.14. The number of ether oxygens (including phenoxy) is 1. The van der Waals surface area contributed by atoms with Crippen LogP contribution in [0.2, 0.25) is 0 Å². The van der Waals surface area contributed by atoms with Crippen LogP contribution >= 0.6 is 0 Å². The number of aromatic nitrogens is 2. The van der Waals surface area contributed by atoms with Crippen LogP contribution in [0.5, 0.6) is 0 Å². The summed E-state index contributed by atoms with van der Waals surface area (Å²) < 4.78 is 6.22. The topological polar surface area (TPSA) is 90.3 Å². The minimum atomic E-state index is -0.727. The Morgan fingerprint density at radius 2 is 1.73 bits per heavy atom. The van der Waals surface area contributed by atoms with E-state index < -0.39 is 17.4 Å². The van der Waals surface area contributed by atoms with Crippen LogP contribution in [0.25, 0.3) is 5.69 Å². The molecule has 0 radical (unpaired) electrons. The predicted molar refractivity (Wildman–Crippen MR) is 114 cm³/mol. The Labute approximate surface area is 174 Å². The molecule has 0 aliphatic heterocycles. The van der Waals surface area contributed by atoms with Crippen molar-refractivity contribution in [2.24, 2.45) is 0 Å². The first kappa shape index (κ1) is 21.0. The minimum Gasteiger partial charge on any atom is -0.461 e. The maximum atomic E-state index is 12.7. The van der Waals surface area contributed by atoms with E-state index in [0.29, 0.717) is 11.3 Å². The number of carbonyl (C=O) groups excluding carboxylic acids is 2. The fourth-order valence-corrected chi connectivity index (χ4v) is 2.95. The van der Waals surface area contributed by atoms with Crippen LogP contribution in [0.15, 0.2) is 53.3 Å². The molecule has 1 N–H and O–H groups in total. The Morgan fingerprint density at radius 3 is 2.40 bits per heavy atom. The molecular formula is C23H23N3O4. The standard InChI is InChI=1S/C23H23N3O4/c1-5-30-23(29)21-18(24-22(28)17-11-10-14(2)16(4)12-17)13-20(27)26(25-21)19-9-7-6-8-15(19)3/h6-13H,5H2,1-4H3,(H,24,28). The average Bonchev–Trinajstić information content (AvgIpc) is 2.71. The van der Waals surface area contributed by atoms with Gasteiger partial charge in [0.05, 0.1) is 18.0 Å². The van der Waals surface area contributed by atoms with Crippen LogP contribution in [-0.2, 0) is 4.74 Å². The molecule has 1 amide bonds. The van der Waals surface area contributed by atoms with Crippen LogP contribution in [-0.4, -0.2) is 28.3 Å². The third kappa shape index (κ3) is 4.30. The molecule has 0 spiro atoms. The van der Waals surface area contributed by atoms with E-state index in [1.807, 2.05) is 39.0 Å². The summed E-state index contributed by atoms with van der Waals surface area (Å²) in [5.74, 6) is -1.17. The third-order valence-corrected chi connectivity index (χ3v) is 4.76. The fraction of sp³-hybridized carbons (Fsp3) is 0.217. The van der Waals surface area contributed by atoms with Gasteiger partial charge in [-0.2, -0.15) is 9.78 Å². The Bertz CT molecular complexity index is 1180. The minimum absolute atomic E-state index is 0.00603. The number of carbonyl (C=O) groups is 2. The zero-order chi connectivity index (χ0) is 21.8. The van der Waals surface area contributed by atoms with E-state index in [9.17, 15) is 14.4 Å². The summed E-state index contributed by atoms with van der Waals surface area (Å²) in [7, 11) is 0. The number of hydrogen-bond donors (Lipinski definition) is 1. The van der Waals surface area contributed by atoms with Gasteiger partial charge < -0.3 is 10.1 Å². The number of amides is 1.